The number of alkyl halides is 3. The molecule has 1 saturated heterocycles. The van der Waals surface area contributed by atoms with Crippen molar-refractivity contribution in [2.75, 3.05) is 26.2 Å². The Hall–Kier alpha value is -2.44. The number of hydrogen-bond acceptors (Lipinski definition) is 5. The number of benzene rings is 1. The lowest BCUT2D eigenvalue weighted by Gasteiger charge is -2.50. The van der Waals surface area contributed by atoms with Gasteiger partial charge in [-0.05, 0) is 38.4 Å². The molecule has 0 aliphatic carbocycles. The maximum atomic E-state index is 13.0. The molecule has 1 aromatic heterocycles. The first-order valence-electron chi connectivity index (χ1n) is 10.6. The number of aromatic nitrogens is 2. The summed E-state index contributed by atoms with van der Waals surface area (Å²) >= 11 is 0. The molecule has 2 aliphatic rings. The molecule has 0 amide bonds. The zero-order chi connectivity index (χ0) is 24.4. The Labute approximate surface area is 190 Å². The van der Waals surface area contributed by atoms with Crippen molar-refractivity contribution in [3.8, 4) is 0 Å². The molecule has 1 N–H and O–H groups in total. The maximum Gasteiger partial charge on any atom is 0.490 e. The fraction of sp³-hybridized carbons (Fsp3) is 0.524. The predicted molar refractivity (Wildman–Crippen MR) is 114 cm³/mol. The third-order valence-electron chi connectivity index (χ3n) is 6.22. The Balaban J connectivity index is 0.000000383. The molecule has 0 radical (unpaired) electrons. The number of nitrogens with zero attached hydrogens (tertiary/aromatic N) is 4. The molecule has 182 valence electrons. The van der Waals surface area contributed by atoms with Crippen molar-refractivity contribution in [1.29, 1.82) is 0 Å². The van der Waals surface area contributed by atoms with Gasteiger partial charge in [0.05, 0.1) is 10.4 Å². The second-order valence-corrected chi connectivity index (χ2v) is 9.94. The second-order valence-electron chi connectivity index (χ2n) is 8.01. The quantitative estimate of drug-likeness (QED) is 0.714. The summed E-state index contributed by atoms with van der Waals surface area (Å²) in [6.07, 6.45) is -1.57. The number of aryl methyl sites for hydroxylation is 1. The minimum absolute atomic E-state index is 0.149. The number of carboxylic acids is 1. The first kappa shape index (κ1) is 25.2. The van der Waals surface area contributed by atoms with Crippen LogP contribution in [0.25, 0.3) is 0 Å². The molecule has 4 rings (SSSR count). The van der Waals surface area contributed by atoms with Gasteiger partial charge >= 0.3 is 12.1 Å². The van der Waals surface area contributed by atoms with Crippen LogP contribution in [0.4, 0.5) is 13.2 Å². The number of piperidine rings is 1. The average Bonchev–Trinajstić information content (AvgIpc) is 3.17. The van der Waals surface area contributed by atoms with Crippen LogP contribution in [0.1, 0.15) is 31.3 Å². The molecule has 1 spiro atoms. The molecule has 0 atom stereocenters. The first-order chi connectivity index (χ1) is 15.4. The van der Waals surface area contributed by atoms with Crippen molar-refractivity contribution in [3.63, 3.8) is 0 Å². The van der Waals surface area contributed by atoms with Gasteiger partial charge in [-0.15, -0.1) is 0 Å². The largest absolute Gasteiger partial charge is 0.490 e. The molecule has 3 heterocycles. The SMILES string of the molecule is CCN1CCn2c(C)cnc2C12CCN(S(=O)(=O)c1ccccc1)CC2.O=C(O)C(F)(F)F. The van der Waals surface area contributed by atoms with Crippen LogP contribution in [0, 0.1) is 6.92 Å². The van der Waals surface area contributed by atoms with E-state index in [1.165, 1.54) is 5.69 Å². The number of hydrogen-bond donors (Lipinski definition) is 1. The van der Waals surface area contributed by atoms with Crippen LogP contribution in [0.3, 0.4) is 0 Å². The van der Waals surface area contributed by atoms with Gasteiger partial charge in [0.2, 0.25) is 10.0 Å². The van der Waals surface area contributed by atoms with Crippen molar-refractivity contribution < 1.29 is 31.5 Å². The fourth-order valence-electron chi connectivity index (χ4n) is 4.53. The molecule has 0 saturated carbocycles. The van der Waals surface area contributed by atoms with E-state index in [4.69, 9.17) is 14.9 Å². The topological polar surface area (TPSA) is 95.7 Å². The minimum atomic E-state index is -5.08. The van der Waals surface area contributed by atoms with Gasteiger partial charge in [0.1, 0.15) is 5.82 Å². The van der Waals surface area contributed by atoms with Crippen LogP contribution < -0.4 is 0 Å². The van der Waals surface area contributed by atoms with Gasteiger partial charge in [-0.2, -0.15) is 17.5 Å². The number of carbonyl (C=O) groups is 1. The molecular weight excluding hydrogens is 461 g/mol. The monoisotopic (exact) mass is 488 g/mol. The van der Waals surface area contributed by atoms with Gasteiger partial charge < -0.3 is 9.67 Å². The lowest BCUT2D eigenvalue weighted by molar-refractivity contribution is -0.192. The number of likely N-dealkylation sites (N-methyl/N-ethyl adjacent to an activating group) is 1. The van der Waals surface area contributed by atoms with Crippen LogP contribution in [-0.4, -0.2) is 70.6 Å². The third-order valence-corrected chi connectivity index (χ3v) is 8.14. The van der Waals surface area contributed by atoms with Crippen molar-refractivity contribution in [1.82, 2.24) is 18.8 Å². The first-order valence-corrected chi connectivity index (χ1v) is 12.0. The highest BCUT2D eigenvalue weighted by Crippen LogP contribution is 2.41. The number of halogens is 3. The zero-order valence-corrected chi connectivity index (χ0v) is 19.2. The van der Waals surface area contributed by atoms with E-state index in [2.05, 4.69) is 23.3 Å². The van der Waals surface area contributed by atoms with Gasteiger partial charge in [0.25, 0.3) is 0 Å². The Kier molecular flexibility index (Phi) is 7.20. The third kappa shape index (κ3) is 4.92. The molecule has 33 heavy (non-hydrogen) atoms. The van der Waals surface area contributed by atoms with E-state index in [9.17, 15) is 21.6 Å². The van der Waals surface area contributed by atoms with Gasteiger partial charge in [-0.25, -0.2) is 18.2 Å². The summed E-state index contributed by atoms with van der Waals surface area (Å²) in [6.45, 7) is 8.24. The van der Waals surface area contributed by atoms with Crippen LogP contribution >= 0.6 is 0 Å². The molecule has 8 nitrogen and oxygen atoms in total. The van der Waals surface area contributed by atoms with E-state index < -0.39 is 22.2 Å². The highest BCUT2D eigenvalue weighted by molar-refractivity contribution is 7.89. The highest BCUT2D eigenvalue weighted by Gasteiger charge is 2.48. The Morgan fingerprint density at radius 2 is 1.70 bits per heavy atom. The number of aliphatic carboxylic acids is 1. The van der Waals surface area contributed by atoms with Gasteiger partial charge in [-0.3, -0.25) is 4.90 Å². The Morgan fingerprint density at radius 1 is 1.12 bits per heavy atom. The van der Waals surface area contributed by atoms with Gasteiger partial charge in [-0.1, -0.05) is 25.1 Å². The van der Waals surface area contributed by atoms with Crippen LogP contribution in [0.5, 0.6) is 0 Å². The summed E-state index contributed by atoms with van der Waals surface area (Å²) in [6, 6.07) is 8.74. The van der Waals surface area contributed by atoms with Gasteiger partial charge in [0.15, 0.2) is 0 Å². The van der Waals surface area contributed by atoms with Crippen molar-refractivity contribution in [2.45, 2.75) is 49.8 Å². The predicted octanol–water partition coefficient (Wildman–Crippen LogP) is 2.84. The van der Waals surface area contributed by atoms with E-state index in [1.54, 1.807) is 28.6 Å². The van der Waals surface area contributed by atoms with E-state index >= 15 is 0 Å². The van der Waals surface area contributed by atoms with Gasteiger partial charge in [0, 0.05) is 38.1 Å². The smallest absolute Gasteiger partial charge is 0.475 e. The lowest BCUT2D eigenvalue weighted by Crippen LogP contribution is -2.58. The highest BCUT2D eigenvalue weighted by atomic mass is 32.2. The number of sulfonamides is 1. The van der Waals surface area contributed by atoms with Crippen molar-refractivity contribution >= 4 is 16.0 Å². The standard InChI is InChI=1S/C19H26N4O2S.C2HF3O2/c1-3-21-13-14-23-16(2)15-20-18(23)19(21)9-11-22(12-10-19)26(24,25)17-7-5-4-6-8-17;3-2(4,5)1(6)7/h4-8,15H,3,9-14H2,1-2H3;(H,6,7). The zero-order valence-electron chi connectivity index (χ0n) is 18.4. The molecule has 2 aromatic rings. The summed E-state index contributed by atoms with van der Waals surface area (Å²) in [5, 5.41) is 7.12. The second kappa shape index (κ2) is 9.43. The van der Waals surface area contributed by atoms with Crippen molar-refractivity contribution in [3.05, 3.63) is 48.0 Å². The molecule has 12 heteroatoms. The molecule has 0 bridgehead atoms. The molecule has 0 unspecified atom stereocenters. The normalized spacial score (nSPS) is 18.9. The lowest BCUT2D eigenvalue weighted by atomic mass is 9.84. The number of imidazole rings is 1. The number of rotatable bonds is 3. The number of carboxylic acid groups (broad SMARTS) is 1. The summed E-state index contributed by atoms with van der Waals surface area (Å²) in [5.41, 5.74) is 1.04. The van der Waals surface area contributed by atoms with Crippen LogP contribution in [0.15, 0.2) is 41.4 Å². The summed E-state index contributed by atoms with van der Waals surface area (Å²) in [7, 11) is -3.43. The average molecular weight is 489 g/mol. The molecular formula is C21H27F3N4O4S. The maximum absolute atomic E-state index is 13.0. The van der Waals surface area contributed by atoms with E-state index in [0.29, 0.717) is 18.0 Å². The Morgan fingerprint density at radius 3 is 2.21 bits per heavy atom. The van der Waals surface area contributed by atoms with E-state index in [-0.39, 0.29) is 5.54 Å². The molecule has 1 aromatic carbocycles. The summed E-state index contributed by atoms with van der Waals surface area (Å²) < 4.78 is 61.6. The summed E-state index contributed by atoms with van der Waals surface area (Å²) in [4.78, 5) is 16.5. The number of fused-ring (bicyclic) bond motifs is 2. The Bertz CT molecular complexity index is 1080. The fourth-order valence-corrected chi connectivity index (χ4v) is 5.99. The van der Waals surface area contributed by atoms with E-state index in [1.807, 2.05) is 12.3 Å². The van der Waals surface area contributed by atoms with E-state index in [0.717, 1.165) is 38.3 Å². The van der Waals surface area contributed by atoms with Crippen LogP contribution in [-0.2, 0) is 26.9 Å². The van der Waals surface area contributed by atoms with Crippen LogP contribution in [0.2, 0.25) is 0 Å². The minimum Gasteiger partial charge on any atom is -0.475 e. The summed E-state index contributed by atoms with van der Waals surface area (Å²) in [5.74, 6) is -1.65. The van der Waals surface area contributed by atoms with Crippen molar-refractivity contribution in [2.24, 2.45) is 0 Å². The molecule has 1 fully saturated rings. The molecule has 2 aliphatic heterocycles.